The summed E-state index contributed by atoms with van der Waals surface area (Å²) in [5, 5.41) is 0.591. The molecule has 0 aliphatic rings. The van der Waals surface area contributed by atoms with Crippen molar-refractivity contribution in [3.8, 4) is 0 Å². The Morgan fingerprint density at radius 3 is 2.50 bits per heavy atom. The van der Waals surface area contributed by atoms with Gasteiger partial charge in [0, 0.05) is 12.6 Å². The zero-order valence-electron chi connectivity index (χ0n) is 9.16. The lowest BCUT2D eigenvalue weighted by Gasteiger charge is -2.03. The van der Waals surface area contributed by atoms with Gasteiger partial charge in [0.25, 0.3) is 0 Å². The van der Waals surface area contributed by atoms with Gasteiger partial charge in [-0.2, -0.15) is 0 Å². The summed E-state index contributed by atoms with van der Waals surface area (Å²) in [5.74, 6) is -0.572. The first-order valence-corrected chi connectivity index (χ1v) is 5.90. The largest absolute Gasteiger partial charge is 0.292 e. The summed E-state index contributed by atoms with van der Waals surface area (Å²) in [4.78, 5) is 15.9. The van der Waals surface area contributed by atoms with E-state index in [0.717, 1.165) is 0 Å². The Morgan fingerprint density at radius 2 is 1.89 bits per heavy atom. The maximum Gasteiger partial charge on any atom is 0.187 e. The Balaban J connectivity index is 2.19. The zero-order valence-corrected chi connectivity index (χ0v) is 10.7. The summed E-state index contributed by atoms with van der Waals surface area (Å²) < 4.78 is 12.7. The summed E-state index contributed by atoms with van der Waals surface area (Å²) >= 11 is 11.6. The predicted molar refractivity (Wildman–Crippen MR) is 68.7 cm³/mol. The second-order valence-corrected chi connectivity index (χ2v) is 4.55. The first-order chi connectivity index (χ1) is 8.56. The van der Waals surface area contributed by atoms with Crippen LogP contribution < -0.4 is 0 Å². The average molecular weight is 284 g/mol. The van der Waals surface area contributed by atoms with Gasteiger partial charge in [-0.25, -0.2) is 9.37 Å². The molecule has 1 aromatic heterocycles. The molecule has 0 saturated carbocycles. The van der Waals surface area contributed by atoms with Gasteiger partial charge in [0.05, 0.1) is 10.0 Å². The highest BCUT2D eigenvalue weighted by atomic mass is 35.5. The topological polar surface area (TPSA) is 30.0 Å². The summed E-state index contributed by atoms with van der Waals surface area (Å²) in [6, 6.07) is 7.18. The van der Waals surface area contributed by atoms with Gasteiger partial charge in [0.15, 0.2) is 5.78 Å². The van der Waals surface area contributed by atoms with Gasteiger partial charge in [0.2, 0.25) is 0 Å². The van der Waals surface area contributed by atoms with Crippen LogP contribution in [0.15, 0.2) is 36.5 Å². The highest BCUT2D eigenvalue weighted by Gasteiger charge is 2.13. The molecule has 0 spiro atoms. The van der Waals surface area contributed by atoms with E-state index in [4.69, 9.17) is 23.2 Å². The van der Waals surface area contributed by atoms with Crippen LogP contribution in [0.25, 0.3) is 0 Å². The number of hydrogen-bond donors (Lipinski definition) is 0. The molecule has 0 aliphatic carbocycles. The summed E-state index contributed by atoms with van der Waals surface area (Å²) in [7, 11) is 0. The van der Waals surface area contributed by atoms with E-state index in [0.29, 0.717) is 10.6 Å². The molecule has 0 radical (unpaired) electrons. The molecule has 18 heavy (non-hydrogen) atoms. The SMILES string of the molecule is O=C(Cc1ccc(F)cc1)c1ncc(Cl)cc1Cl. The number of rotatable bonds is 3. The lowest BCUT2D eigenvalue weighted by Crippen LogP contribution is -2.06. The van der Waals surface area contributed by atoms with Crippen LogP contribution in [0.1, 0.15) is 16.1 Å². The van der Waals surface area contributed by atoms with E-state index in [9.17, 15) is 9.18 Å². The van der Waals surface area contributed by atoms with E-state index in [1.165, 1.54) is 24.4 Å². The van der Waals surface area contributed by atoms with Crippen molar-refractivity contribution >= 4 is 29.0 Å². The standard InChI is InChI=1S/C13H8Cl2FNO/c14-9-6-11(15)13(17-7-9)12(18)5-8-1-3-10(16)4-2-8/h1-4,6-7H,5H2. The van der Waals surface area contributed by atoms with Crippen LogP contribution in [0.4, 0.5) is 4.39 Å². The van der Waals surface area contributed by atoms with E-state index in [-0.39, 0.29) is 28.7 Å². The van der Waals surface area contributed by atoms with E-state index >= 15 is 0 Å². The number of Topliss-reactive ketones (excluding diaryl/α,β-unsaturated/α-hetero) is 1. The Morgan fingerprint density at radius 1 is 1.22 bits per heavy atom. The maximum atomic E-state index is 12.7. The van der Waals surface area contributed by atoms with Gasteiger partial charge in [0.1, 0.15) is 11.5 Å². The third kappa shape index (κ3) is 3.06. The average Bonchev–Trinajstić information content (AvgIpc) is 2.32. The summed E-state index contributed by atoms with van der Waals surface area (Å²) in [6.07, 6.45) is 1.49. The van der Waals surface area contributed by atoms with Gasteiger partial charge < -0.3 is 0 Å². The summed E-state index contributed by atoms with van der Waals surface area (Å²) in [6.45, 7) is 0. The Kier molecular flexibility index (Phi) is 3.94. The predicted octanol–water partition coefficient (Wildman–Crippen LogP) is 3.95. The molecule has 0 unspecified atom stereocenters. The minimum absolute atomic E-state index is 0.120. The van der Waals surface area contributed by atoms with Crippen LogP contribution in [0.5, 0.6) is 0 Å². The van der Waals surface area contributed by atoms with Crippen molar-refractivity contribution in [1.29, 1.82) is 0 Å². The van der Waals surface area contributed by atoms with Crippen LogP contribution in [-0.2, 0) is 6.42 Å². The van der Waals surface area contributed by atoms with Crippen molar-refractivity contribution in [2.75, 3.05) is 0 Å². The van der Waals surface area contributed by atoms with Gasteiger partial charge in [-0.15, -0.1) is 0 Å². The van der Waals surface area contributed by atoms with Crippen LogP contribution >= 0.6 is 23.2 Å². The number of benzene rings is 1. The van der Waals surface area contributed by atoms with Crippen molar-refractivity contribution in [2.24, 2.45) is 0 Å². The molecule has 0 aliphatic heterocycles. The number of ketones is 1. The smallest absolute Gasteiger partial charge is 0.187 e. The van der Waals surface area contributed by atoms with Crippen molar-refractivity contribution in [3.63, 3.8) is 0 Å². The fourth-order valence-corrected chi connectivity index (χ4v) is 1.98. The second kappa shape index (κ2) is 5.46. The molecule has 0 saturated heterocycles. The van der Waals surface area contributed by atoms with E-state index in [2.05, 4.69) is 4.98 Å². The second-order valence-electron chi connectivity index (χ2n) is 3.71. The molecule has 1 aromatic carbocycles. The number of nitrogens with zero attached hydrogens (tertiary/aromatic N) is 1. The van der Waals surface area contributed by atoms with E-state index < -0.39 is 0 Å². The van der Waals surface area contributed by atoms with Crippen molar-refractivity contribution in [3.05, 3.63) is 63.6 Å². The highest BCUT2D eigenvalue weighted by Crippen LogP contribution is 2.20. The molecule has 1 heterocycles. The molecule has 92 valence electrons. The number of pyridine rings is 1. The van der Waals surface area contributed by atoms with Crippen molar-refractivity contribution in [1.82, 2.24) is 4.98 Å². The van der Waals surface area contributed by atoms with Crippen LogP contribution in [-0.4, -0.2) is 10.8 Å². The molecule has 0 fully saturated rings. The molecule has 0 bridgehead atoms. The van der Waals surface area contributed by atoms with Crippen LogP contribution in [0.2, 0.25) is 10.0 Å². The number of carbonyl (C=O) groups excluding carboxylic acids is 1. The molecule has 2 aromatic rings. The molecule has 2 nitrogen and oxygen atoms in total. The molecule has 2 rings (SSSR count). The normalized spacial score (nSPS) is 10.4. The summed E-state index contributed by atoms with van der Waals surface area (Å²) in [5.41, 5.74) is 0.875. The maximum absolute atomic E-state index is 12.7. The first kappa shape index (κ1) is 13.0. The van der Waals surface area contributed by atoms with Gasteiger partial charge in [-0.05, 0) is 23.8 Å². The molecule has 0 N–H and O–H groups in total. The fourth-order valence-electron chi connectivity index (χ4n) is 1.49. The first-order valence-electron chi connectivity index (χ1n) is 5.15. The number of halogens is 3. The monoisotopic (exact) mass is 283 g/mol. The van der Waals surface area contributed by atoms with E-state index in [1.54, 1.807) is 12.1 Å². The molecule has 0 atom stereocenters. The molecular weight excluding hydrogens is 276 g/mol. The quantitative estimate of drug-likeness (QED) is 0.799. The fraction of sp³-hybridized carbons (Fsp3) is 0.0769. The molecule has 0 amide bonds. The Hall–Kier alpha value is -1.45. The minimum Gasteiger partial charge on any atom is -0.292 e. The zero-order chi connectivity index (χ0) is 13.1. The van der Waals surface area contributed by atoms with Crippen LogP contribution in [0, 0.1) is 5.82 Å². The number of hydrogen-bond acceptors (Lipinski definition) is 2. The van der Waals surface area contributed by atoms with Crippen molar-refractivity contribution in [2.45, 2.75) is 6.42 Å². The van der Waals surface area contributed by atoms with Gasteiger partial charge >= 0.3 is 0 Å². The lowest BCUT2D eigenvalue weighted by molar-refractivity contribution is 0.0988. The highest BCUT2D eigenvalue weighted by molar-refractivity contribution is 6.36. The molecule has 5 heteroatoms. The van der Waals surface area contributed by atoms with E-state index in [1.807, 2.05) is 0 Å². The van der Waals surface area contributed by atoms with Gasteiger partial charge in [-0.3, -0.25) is 4.79 Å². The number of aromatic nitrogens is 1. The van der Waals surface area contributed by atoms with Crippen LogP contribution in [0.3, 0.4) is 0 Å². The third-order valence-electron chi connectivity index (χ3n) is 2.35. The third-order valence-corrected chi connectivity index (χ3v) is 2.84. The van der Waals surface area contributed by atoms with Gasteiger partial charge in [-0.1, -0.05) is 35.3 Å². The lowest BCUT2D eigenvalue weighted by atomic mass is 10.1. The molecular formula is C13H8Cl2FNO. The Labute approximate surface area is 113 Å². The van der Waals surface area contributed by atoms with Crippen molar-refractivity contribution < 1.29 is 9.18 Å². The Bertz CT molecular complexity index is 584. The minimum atomic E-state index is -0.339. The number of carbonyl (C=O) groups is 1.